The minimum atomic E-state index is -3.16. The van der Waals surface area contributed by atoms with Gasteiger partial charge in [0.25, 0.3) is 0 Å². The van der Waals surface area contributed by atoms with Gasteiger partial charge in [0, 0.05) is 24.0 Å². The molecule has 1 N–H and O–H groups in total. The highest BCUT2D eigenvalue weighted by atomic mass is 32.2. The number of sulfonamides is 1. The maximum Gasteiger partial charge on any atom is 0.237 e. The molecule has 2 atom stereocenters. The van der Waals surface area contributed by atoms with E-state index in [1.807, 2.05) is 0 Å². The molecule has 1 fully saturated rings. The summed E-state index contributed by atoms with van der Waals surface area (Å²) >= 11 is 1.80. The Hall–Kier alpha value is -0.960. The molecule has 2 aliphatic heterocycles. The van der Waals surface area contributed by atoms with E-state index in [4.69, 9.17) is 0 Å². The minimum Gasteiger partial charge on any atom is -0.334 e. The van der Waals surface area contributed by atoms with Crippen LogP contribution in [0.4, 0.5) is 0 Å². The molecule has 1 aromatic heterocycles. The lowest BCUT2D eigenvalue weighted by atomic mass is 9.97. The molecule has 0 spiro atoms. The first-order valence-corrected chi connectivity index (χ1v) is 12.7. The molecule has 27 heavy (non-hydrogen) atoms. The van der Waals surface area contributed by atoms with Crippen molar-refractivity contribution < 1.29 is 13.2 Å². The van der Waals surface area contributed by atoms with E-state index in [2.05, 4.69) is 32.9 Å². The van der Waals surface area contributed by atoms with Crippen molar-refractivity contribution in [2.75, 3.05) is 32.4 Å². The first-order chi connectivity index (χ1) is 12.9. The molecule has 2 aliphatic rings. The van der Waals surface area contributed by atoms with Crippen LogP contribution in [0.5, 0.6) is 0 Å². The third kappa shape index (κ3) is 5.31. The normalized spacial score (nSPS) is 24.0. The molecule has 1 amide bonds. The van der Waals surface area contributed by atoms with Gasteiger partial charge in [0.1, 0.15) is 0 Å². The Bertz CT molecular complexity index is 747. The molecule has 3 heterocycles. The van der Waals surface area contributed by atoms with Crippen LogP contribution in [0, 0.1) is 0 Å². The highest BCUT2D eigenvalue weighted by Gasteiger charge is 2.32. The monoisotopic (exact) mass is 413 g/mol. The standard InChI is InChI=1S/C19H31N3O3S2/c1-3-17-16-9-13-26-18(16)8-12-22(17)19(23)14-21-11-5-4-6-15(21)7-10-20-27(2,24)25/h9,13,15,17,20H,3-8,10-12,14H2,1-2H3. The van der Waals surface area contributed by atoms with Crippen molar-refractivity contribution in [1.29, 1.82) is 0 Å². The van der Waals surface area contributed by atoms with Crippen LogP contribution in [0.2, 0.25) is 0 Å². The van der Waals surface area contributed by atoms with Crippen LogP contribution >= 0.6 is 11.3 Å². The number of amides is 1. The summed E-state index contributed by atoms with van der Waals surface area (Å²) < 4.78 is 25.2. The average molecular weight is 414 g/mol. The molecule has 3 rings (SSSR count). The molecule has 0 aliphatic carbocycles. The van der Waals surface area contributed by atoms with E-state index in [1.54, 1.807) is 11.3 Å². The number of thiophene rings is 1. The second-order valence-electron chi connectivity index (χ2n) is 7.64. The lowest BCUT2D eigenvalue weighted by Gasteiger charge is -2.40. The Morgan fingerprint density at radius 2 is 2.15 bits per heavy atom. The molecule has 0 saturated carbocycles. The highest BCUT2D eigenvalue weighted by molar-refractivity contribution is 7.88. The van der Waals surface area contributed by atoms with Gasteiger partial charge in [-0.15, -0.1) is 11.3 Å². The largest absolute Gasteiger partial charge is 0.334 e. The van der Waals surface area contributed by atoms with Crippen LogP contribution in [0.3, 0.4) is 0 Å². The van der Waals surface area contributed by atoms with E-state index in [9.17, 15) is 13.2 Å². The Kier molecular flexibility index (Phi) is 6.94. The van der Waals surface area contributed by atoms with Gasteiger partial charge < -0.3 is 4.90 Å². The predicted octanol–water partition coefficient (Wildman–Crippen LogP) is 2.38. The van der Waals surface area contributed by atoms with Gasteiger partial charge in [-0.2, -0.15) is 0 Å². The van der Waals surface area contributed by atoms with E-state index in [0.29, 0.717) is 13.1 Å². The van der Waals surface area contributed by atoms with Gasteiger partial charge in [-0.3, -0.25) is 9.69 Å². The summed E-state index contributed by atoms with van der Waals surface area (Å²) in [5.41, 5.74) is 1.33. The molecule has 1 aromatic rings. The Labute approximate surface area is 167 Å². The van der Waals surface area contributed by atoms with Crippen LogP contribution in [0.25, 0.3) is 0 Å². The summed E-state index contributed by atoms with van der Waals surface area (Å²) in [4.78, 5) is 18.9. The summed E-state index contributed by atoms with van der Waals surface area (Å²) in [6.07, 6.45) is 7.13. The number of nitrogens with zero attached hydrogens (tertiary/aromatic N) is 2. The number of hydrogen-bond acceptors (Lipinski definition) is 5. The van der Waals surface area contributed by atoms with Crippen molar-refractivity contribution in [3.05, 3.63) is 21.9 Å². The van der Waals surface area contributed by atoms with E-state index < -0.39 is 10.0 Å². The Morgan fingerprint density at radius 1 is 1.33 bits per heavy atom. The number of rotatable bonds is 7. The maximum absolute atomic E-state index is 13.1. The van der Waals surface area contributed by atoms with Gasteiger partial charge in [0.05, 0.1) is 18.8 Å². The molecule has 2 unspecified atom stereocenters. The fourth-order valence-corrected chi connectivity index (χ4v) is 5.82. The first kappa shape index (κ1) is 20.8. The fraction of sp³-hybridized carbons (Fsp3) is 0.737. The summed E-state index contributed by atoms with van der Waals surface area (Å²) in [6, 6.07) is 2.65. The maximum atomic E-state index is 13.1. The van der Waals surface area contributed by atoms with E-state index in [0.717, 1.165) is 51.6 Å². The Morgan fingerprint density at radius 3 is 2.89 bits per heavy atom. The Balaban J connectivity index is 1.61. The molecular formula is C19H31N3O3S2. The zero-order chi connectivity index (χ0) is 19.4. The number of carbonyl (C=O) groups is 1. The van der Waals surface area contributed by atoms with Crippen molar-refractivity contribution in [3.8, 4) is 0 Å². The van der Waals surface area contributed by atoms with Gasteiger partial charge in [-0.1, -0.05) is 13.3 Å². The molecule has 8 heteroatoms. The molecule has 0 bridgehead atoms. The van der Waals surface area contributed by atoms with Gasteiger partial charge in [0.2, 0.25) is 15.9 Å². The number of carbonyl (C=O) groups excluding carboxylic acids is 1. The van der Waals surface area contributed by atoms with Crippen LogP contribution < -0.4 is 4.72 Å². The van der Waals surface area contributed by atoms with Crippen LogP contribution in [0.1, 0.15) is 55.5 Å². The molecule has 0 aromatic carbocycles. The average Bonchev–Trinajstić information content (AvgIpc) is 3.10. The number of fused-ring (bicyclic) bond motifs is 1. The fourth-order valence-electron chi connectivity index (χ4n) is 4.41. The number of nitrogens with one attached hydrogen (secondary N) is 1. The van der Waals surface area contributed by atoms with E-state index >= 15 is 0 Å². The summed E-state index contributed by atoms with van der Waals surface area (Å²) in [5.74, 6) is 0.210. The minimum absolute atomic E-state index is 0.197. The van der Waals surface area contributed by atoms with Crippen molar-refractivity contribution in [1.82, 2.24) is 14.5 Å². The molecular weight excluding hydrogens is 382 g/mol. The van der Waals surface area contributed by atoms with Gasteiger partial charge in [-0.25, -0.2) is 13.1 Å². The van der Waals surface area contributed by atoms with Crippen LogP contribution in [-0.2, 0) is 21.2 Å². The van der Waals surface area contributed by atoms with Gasteiger partial charge >= 0.3 is 0 Å². The topological polar surface area (TPSA) is 69.7 Å². The smallest absolute Gasteiger partial charge is 0.237 e. The number of likely N-dealkylation sites (tertiary alicyclic amines) is 1. The van der Waals surface area contributed by atoms with Crippen molar-refractivity contribution >= 4 is 27.3 Å². The summed E-state index contributed by atoms with van der Waals surface area (Å²) in [7, 11) is -3.16. The number of piperidine rings is 1. The highest BCUT2D eigenvalue weighted by Crippen LogP contribution is 2.35. The van der Waals surface area contributed by atoms with Crippen molar-refractivity contribution in [3.63, 3.8) is 0 Å². The van der Waals surface area contributed by atoms with Crippen molar-refractivity contribution in [2.45, 2.75) is 57.5 Å². The second-order valence-corrected chi connectivity index (χ2v) is 10.5. The van der Waals surface area contributed by atoms with E-state index in [1.165, 1.54) is 16.7 Å². The summed E-state index contributed by atoms with van der Waals surface area (Å²) in [5, 5.41) is 2.14. The van der Waals surface area contributed by atoms with Crippen molar-refractivity contribution in [2.24, 2.45) is 0 Å². The molecule has 0 radical (unpaired) electrons. The zero-order valence-electron chi connectivity index (χ0n) is 16.3. The molecule has 152 valence electrons. The lowest BCUT2D eigenvalue weighted by molar-refractivity contribution is -0.136. The lowest BCUT2D eigenvalue weighted by Crippen LogP contribution is -2.49. The SMILES string of the molecule is CCC1c2ccsc2CCN1C(=O)CN1CCCCC1CCNS(C)(=O)=O. The van der Waals surface area contributed by atoms with Crippen LogP contribution in [0.15, 0.2) is 11.4 Å². The molecule has 1 saturated heterocycles. The molecule has 6 nitrogen and oxygen atoms in total. The third-order valence-corrected chi connectivity index (χ3v) is 7.46. The second kappa shape index (κ2) is 9.03. The van der Waals surface area contributed by atoms with Gasteiger partial charge in [0.15, 0.2) is 0 Å². The predicted molar refractivity (Wildman–Crippen MR) is 109 cm³/mol. The summed E-state index contributed by atoms with van der Waals surface area (Å²) in [6.45, 7) is 4.76. The van der Waals surface area contributed by atoms with Gasteiger partial charge in [-0.05, 0) is 55.7 Å². The third-order valence-electron chi connectivity index (χ3n) is 5.73. The zero-order valence-corrected chi connectivity index (χ0v) is 17.9. The van der Waals surface area contributed by atoms with Crippen LogP contribution in [-0.4, -0.2) is 62.6 Å². The number of hydrogen-bond donors (Lipinski definition) is 1. The first-order valence-electron chi connectivity index (χ1n) is 9.93. The van der Waals surface area contributed by atoms with E-state index in [-0.39, 0.29) is 18.0 Å². The quantitative estimate of drug-likeness (QED) is 0.745.